The Kier molecular flexibility index (Phi) is 7.78. The Morgan fingerprint density at radius 2 is 1.65 bits per heavy atom. The smallest absolute Gasteiger partial charge is 0.339 e. The van der Waals surface area contributed by atoms with Crippen LogP contribution in [0.25, 0.3) is 0 Å². The summed E-state index contributed by atoms with van der Waals surface area (Å²) in [5.41, 5.74) is -2.55. The molecule has 0 aromatic heterocycles. The monoisotopic (exact) mass is 628 g/mol. The van der Waals surface area contributed by atoms with Gasteiger partial charge in [-0.3, -0.25) is 15.0 Å². The van der Waals surface area contributed by atoms with E-state index in [1.165, 1.54) is 31.2 Å². The summed E-state index contributed by atoms with van der Waals surface area (Å²) in [7, 11) is 0. The highest BCUT2D eigenvalue weighted by Crippen LogP contribution is 2.47. The van der Waals surface area contributed by atoms with Crippen LogP contribution in [0.15, 0.2) is 60.7 Å². The summed E-state index contributed by atoms with van der Waals surface area (Å²) in [6, 6.07) is 14.1. The maximum Gasteiger partial charge on any atom is 0.339 e. The zero-order chi connectivity index (χ0) is 26.8. The van der Waals surface area contributed by atoms with Crippen molar-refractivity contribution in [1.29, 1.82) is 0 Å². The van der Waals surface area contributed by atoms with Crippen LogP contribution in [0.5, 0.6) is 0 Å². The van der Waals surface area contributed by atoms with Crippen molar-refractivity contribution in [2.75, 3.05) is 17.6 Å². The van der Waals surface area contributed by atoms with Gasteiger partial charge in [0.25, 0.3) is 5.85 Å². The molecule has 1 N–H and O–H groups in total. The van der Waals surface area contributed by atoms with E-state index < -0.39 is 64.7 Å². The number of halogens is 3. The van der Waals surface area contributed by atoms with E-state index in [4.69, 9.17) is 14.2 Å². The predicted octanol–water partition coefficient (Wildman–Crippen LogP) is 3.42. The van der Waals surface area contributed by atoms with E-state index in [0.717, 1.165) is 4.90 Å². The first-order chi connectivity index (χ1) is 17.6. The van der Waals surface area contributed by atoms with Crippen molar-refractivity contribution in [2.24, 2.45) is 5.92 Å². The second-order valence-corrected chi connectivity index (χ2v) is 9.50. The van der Waals surface area contributed by atoms with Crippen LogP contribution >= 0.6 is 22.6 Å². The molecule has 5 atom stereocenters. The van der Waals surface area contributed by atoms with Crippen molar-refractivity contribution < 1.29 is 42.2 Å². The standard InChI is InChI=1S/C25H23F2IN2O7/c1-15-12-30(23(34)29-18(15)31)22-24(13-26,36-20(33)17-10-6-3-7-11-17)21(25(27,14-28)37-22)35-19(32)16-8-4-2-5-9-16/h2-11,15,21-22H,12-14H2,1H3,(H,29,31,34)/t15?,21-,22+,24+,25+/m0/s1. The third kappa shape index (κ3) is 5.04. The van der Waals surface area contributed by atoms with E-state index in [0.29, 0.717) is 0 Å². The number of benzene rings is 2. The van der Waals surface area contributed by atoms with Gasteiger partial charge in [-0.1, -0.05) is 65.9 Å². The number of hydrogen-bond donors (Lipinski definition) is 1. The Hall–Kier alpha value is -3.13. The van der Waals surface area contributed by atoms with Crippen molar-refractivity contribution in [2.45, 2.75) is 30.7 Å². The summed E-state index contributed by atoms with van der Waals surface area (Å²) >= 11 is 1.63. The van der Waals surface area contributed by atoms with Gasteiger partial charge in [-0.25, -0.2) is 23.2 Å². The van der Waals surface area contributed by atoms with E-state index in [-0.39, 0.29) is 17.7 Å². The molecule has 0 spiro atoms. The Morgan fingerprint density at radius 1 is 1.08 bits per heavy atom. The van der Waals surface area contributed by atoms with Crippen LogP contribution in [-0.2, 0) is 19.0 Å². The molecule has 9 nitrogen and oxygen atoms in total. The number of nitrogens with zero attached hydrogens (tertiary/aromatic N) is 1. The maximum absolute atomic E-state index is 16.3. The minimum atomic E-state index is -2.86. The molecule has 4 rings (SSSR count). The van der Waals surface area contributed by atoms with E-state index in [1.807, 2.05) is 0 Å². The fourth-order valence-corrected chi connectivity index (χ4v) is 4.82. The number of imide groups is 1. The highest BCUT2D eigenvalue weighted by atomic mass is 127. The average molecular weight is 628 g/mol. The van der Waals surface area contributed by atoms with Gasteiger partial charge in [0.05, 0.1) is 21.5 Å². The lowest BCUT2D eigenvalue weighted by atomic mass is 9.92. The first-order valence-electron chi connectivity index (χ1n) is 11.3. The lowest BCUT2D eigenvalue weighted by Gasteiger charge is -2.41. The minimum Gasteiger partial charge on any atom is -0.448 e. The van der Waals surface area contributed by atoms with Crippen LogP contribution in [0.1, 0.15) is 27.6 Å². The number of esters is 2. The molecule has 12 heteroatoms. The van der Waals surface area contributed by atoms with Gasteiger partial charge in [-0.15, -0.1) is 0 Å². The summed E-state index contributed by atoms with van der Waals surface area (Å²) in [5, 5.41) is 2.10. The first kappa shape index (κ1) is 26.9. The third-order valence-electron chi connectivity index (χ3n) is 6.17. The Labute approximate surface area is 224 Å². The molecule has 37 heavy (non-hydrogen) atoms. The Balaban J connectivity index is 1.80. The first-order valence-corrected chi connectivity index (χ1v) is 12.8. The van der Waals surface area contributed by atoms with Crippen molar-refractivity contribution in [3.05, 3.63) is 71.8 Å². The molecule has 2 heterocycles. The highest BCUT2D eigenvalue weighted by Gasteiger charge is 2.72. The average Bonchev–Trinajstić information content (AvgIpc) is 3.15. The lowest BCUT2D eigenvalue weighted by Crippen LogP contribution is -2.66. The minimum absolute atomic E-state index is 0.0136. The molecule has 2 aliphatic rings. The Bertz CT molecular complexity index is 1190. The summed E-state index contributed by atoms with van der Waals surface area (Å²) < 4.78 is 47.7. The largest absolute Gasteiger partial charge is 0.448 e. The quantitative estimate of drug-likeness (QED) is 0.284. The molecule has 0 radical (unpaired) electrons. The predicted molar refractivity (Wildman–Crippen MR) is 133 cm³/mol. The van der Waals surface area contributed by atoms with Crippen LogP contribution in [0.2, 0.25) is 0 Å². The van der Waals surface area contributed by atoms with E-state index in [1.54, 1.807) is 59.0 Å². The molecule has 0 bridgehead atoms. The van der Waals surface area contributed by atoms with Crippen LogP contribution in [0, 0.1) is 5.92 Å². The van der Waals surface area contributed by atoms with E-state index >= 15 is 8.78 Å². The van der Waals surface area contributed by atoms with Gasteiger partial charge in [0.2, 0.25) is 17.6 Å². The van der Waals surface area contributed by atoms with Gasteiger partial charge in [-0.05, 0) is 24.3 Å². The van der Waals surface area contributed by atoms with E-state index in [9.17, 15) is 19.2 Å². The van der Waals surface area contributed by atoms with Crippen LogP contribution in [0.3, 0.4) is 0 Å². The number of rotatable bonds is 7. The molecule has 2 aliphatic heterocycles. The number of carbonyl (C=O) groups excluding carboxylic acids is 4. The van der Waals surface area contributed by atoms with Crippen molar-refractivity contribution in [1.82, 2.24) is 10.2 Å². The number of amides is 3. The molecule has 1 unspecified atom stereocenters. The second-order valence-electron chi connectivity index (χ2n) is 8.73. The molecule has 2 aromatic carbocycles. The number of hydrogen-bond acceptors (Lipinski definition) is 7. The van der Waals surface area contributed by atoms with E-state index in [2.05, 4.69) is 5.32 Å². The molecule has 2 saturated heterocycles. The lowest BCUT2D eigenvalue weighted by molar-refractivity contribution is -0.181. The molecule has 196 valence electrons. The summed E-state index contributed by atoms with van der Waals surface area (Å²) in [5.74, 6) is -6.26. The van der Waals surface area contributed by atoms with Gasteiger partial charge in [0.1, 0.15) is 6.67 Å². The molecule has 3 amide bonds. The van der Waals surface area contributed by atoms with Crippen LogP contribution in [-0.4, -0.2) is 70.2 Å². The summed E-state index contributed by atoms with van der Waals surface area (Å²) in [6.07, 6.45) is -3.97. The van der Waals surface area contributed by atoms with Gasteiger partial charge in [0, 0.05) is 6.54 Å². The topological polar surface area (TPSA) is 111 Å². The number of alkyl halides is 3. The highest BCUT2D eigenvalue weighted by molar-refractivity contribution is 14.1. The van der Waals surface area contributed by atoms with Crippen LogP contribution < -0.4 is 5.32 Å². The molecule has 0 saturated carbocycles. The summed E-state index contributed by atoms with van der Waals surface area (Å²) in [4.78, 5) is 51.7. The summed E-state index contributed by atoms with van der Waals surface area (Å²) in [6.45, 7) is -0.348. The van der Waals surface area contributed by atoms with Gasteiger partial charge < -0.3 is 14.2 Å². The van der Waals surface area contributed by atoms with Crippen LogP contribution in [0.4, 0.5) is 13.6 Å². The Morgan fingerprint density at radius 3 is 2.19 bits per heavy atom. The fourth-order valence-electron chi connectivity index (χ4n) is 4.24. The normalized spacial score (nSPS) is 29.5. The molecule has 0 aliphatic carbocycles. The van der Waals surface area contributed by atoms with Gasteiger partial charge in [0.15, 0.2) is 6.23 Å². The SMILES string of the molecule is CC1CN([C@@H]2O[C@](F)(CI)[C@@H](OC(=O)c3ccccc3)[C@@]2(CF)OC(=O)c2ccccc2)C(=O)NC1=O. The van der Waals surface area contributed by atoms with Crippen molar-refractivity contribution in [3.8, 4) is 0 Å². The molecular formula is C25H23F2IN2O7. The zero-order valence-corrected chi connectivity index (χ0v) is 21.7. The fraction of sp³-hybridized carbons (Fsp3) is 0.360. The maximum atomic E-state index is 16.3. The third-order valence-corrected chi connectivity index (χ3v) is 7.21. The number of urea groups is 1. The number of nitrogens with one attached hydrogen (secondary N) is 1. The molecular weight excluding hydrogens is 605 g/mol. The van der Waals surface area contributed by atoms with Crippen molar-refractivity contribution >= 4 is 46.5 Å². The molecule has 2 aromatic rings. The number of ether oxygens (including phenoxy) is 3. The molecule has 2 fully saturated rings. The zero-order valence-electron chi connectivity index (χ0n) is 19.6. The van der Waals surface area contributed by atoms with Gasteiger partial charge >= 0.3 is 18.0 Å². The second kappa shape index (κ2) is 10.7. The van der Waals surface area contributed by atoms with Gasteiger partial charge in [-0.2, -0.15) is 0 Å². The van der Waals surface area contributed by atoms with Crippen molar-refractivity contribution in [3.63, 3.8) is 0 Å². The number of carbonyl (C=O) groups is 4.